The van der Waals surface area contributed by atoms with Gasteiger partial charge < -0.3 is 9.47 Å². The second kappa shape index (κ2) is 4.58. The predicted octanol–water partition coefficient (Wildman–Crippen LogP) is 2.91. The highest BCUT2D eigenvalue weighted by molar-refractivity contribution is 5.90. The Hall–Kier alpha value is -1.84. The lowest BCUT2D eigenvalue weighted by Gasteiger charge is -2.39. The van der Waals surface area contributed by atoms with Crippen LogP contribution in [0.2, 0.25) is 0 Å². The number of aryl methyl sites for hydroxylation is 1. The number of hydrogen-bond acceptors (Lipinski definition) is 3. The van der Waals surface area contributed by atoms with Crippen molar-refractivity contribution in [1.82, 2.24) is 9.55 Å². The van der Waals surface area contributed by atoms with Crippen LogP contribution < -0.4 is 4.90 Å². The van der Waals surface area contributed by atoms with Crippen LogP contribution in [0.1, 0.15) is 32.1 Å². The summed E-state index contributed by atoms with van der Waals surface area (Å²) in [6.45, 7) is 1.95. The van der Waals surface area contributed by atoms with Gasteiger partial charge >= 0.3 is 0 Å². The van der Waals surface area contributed by atoms with E-state index in [0.717, 1.165) is 50.7 Å². The van der Waals surface area contributed by atoms with Crippen molar-refractivity contribution in [3.8, 4) is 0 Å². The van der Waals surface area contributed by atoms with E-state index in [1.54, 1.807) is 0 Å². The van der Waals surface area contributed by atoms with Gasteiger partial charge in [-0.1, -0.05) is 6.07 Å². The van der Waals surface area contributed by atoms with Crippen LogP contribution >= 0.6 is 0 Å². The van der Waals surface area contributed by atoms with Crippen molar-refractivity contribution in [1.29, 1.82) is 0 Å². The number of benzene rings is 1. The van der Waals surface area contributed by atoms with Gasteiger partial charge in [0.15, 0.2) is 0 Å². The van der Waals surface area contributed by atoms with E-state index in [0.29, 0.717) is 5.78 Å². The summed E-state index contributed by atoms with van der Waals surface area (Å²) in [6.07, 6.45) is 6.89. The van der Waals surface area contributed by atoms with Gasteiger partial charge in [0.05, 0.1) is 17.5 Å². The average molecular weight is 283 g/mol. The summed E-state index contributed by atoms with van der Waals surface area (Å²) in [4.78, 5) is 19.1. The Bertz CT molecular complexity index is 695. The van der Waals surface area contributed by atoms with Gasteiger partial charge in [-0.3, -0.25) is 4.79 Å². The van der Waals surface area contributed by atoms with E-state index in [9.17, 15) is 4.79 Å². The quantitative estimate of drug-likeness (QED) is 0.807. The standard InChI is InChI=1S/C17H21N3O/c1-19-12-18-16-13(19)4-2-5-14(16)20-10-8-17(9-11-20)7-3-6-15(17)21/h2,4-5,12H,3,6-11H2,1H3. The number of Topliss-reactive ketones (excluding diaryl/α,β-unsaturated/α-hetero) is 1. The minimum atomic E-state index is 0.00844. The summed E-state index contributed by atoms with van der Waals surface area (Å²) in [7, 11) is 2.03. The fourth-order valence-corrected chi connectivity index (χ4v) is 4.09. The van der Waals surface area contributed by atoms with E-state index in [2.05, 4.69) is 32.7 Å². The molecule has 2 heterocycles. The lowest BCUT2D eigenvalue weighted by molar-refractivity contribution is -0.126. The average Bonchev–Trinajstić information content (AvgIpc) is 3.05. The highest BCUT2D eigenvalue weighted by Gasteiger charge is 2.43. The molecule has 110 valence electrons. The van der Waals surface area contributed by atoms with Crippen molar-refractivity contribution in [2.75, 3.05) is 18.0 Å². The smallest absolute Gasteiger partial charge is 0.139 e. The minimum Gasteiger partial charge on any atom is -0.370 e. The summed E-state index contributed by atoms with van der Waals surface area (Å²) >= 11 is 0. The number of carbonyl (C=O) groups excluding carboxylic acids is 1. The summed E-state index contributed by atoms with van der Waals surface area (Å²) in [5.41, 5.74) is 3.47. The molecule has 1 saturated heterocycles. The molecule has 2 aromatic rings. The van der Waals surface area contributed by atoms with Gasteiger partial charge in [-0.05, 0) is 37.8 Å². The van der Waals surface area contributed by atoms with E-state index in [1.165, 1.54) is 11.2 Å². The normalized spacial score (nSPS) is 21.6. The Morgan fingerprint density at radius 3 is 2.71 bits per heavy atom. The van der Waals surface area contributed by atoms with Crippen LogP contribution in [0.5, 0.6) is 0 Å². The minimum absolute atomic E-state index is 0.00844. The van der Waals surface area contributed by atoms with Crippen LogP contribution in [0.4, 0.5) is 5.69 Å². The maximum Gasteiger partial charge on any atom is 0.139 e. The molecule has 0 bridgehead atoms. The lowest BCUT2D eigenvalue weighted by Crippen LogP contribution is -2.42. The van der Waals surface area contributed by atoms with Gasteiger partial charge in [-0.15, -0.1) is 0 Å². The molecule has 21 heavy (non-hydrogen) atoms. The van der Waals surface area contributed by atoms with Crippen LogP contribution in [0, 0.1) is 5.41 Å². The molecule has 1 aliphatic heterocycles. The molecule has 0 amide bonds. The number of para-hydroxylation sites is 1. The second-order valence-corrected chi connectivity index (χ2v) is 6.54. The number of ketones is 1. The monoisotopic (exact) mass is 283 g/mol. The molecular weight excluding hydrogens is 262 g/mol. The Kier molecular flexibility index (Phi) is 2.81. The van der Waals surface area contributed by atoms with E-state index in [4.69, 9.17) is 0 Å². The van der Waals surface area contributed by atoms with E-state index in [1.807, 2.05) is 13.4 Å². The van der Waals surface area contributed by atoms with Crippen molar-refractivity contribution in [3.63, 3.8) is 0 Å². The first kappa shape index (κ1) is 12.9. The number of carbonyl (C=O) groups is 1. The van der Waals surface area contributed by atoms with Crippen LogP contribution in [-0.2, 0) is 11.8 Å². The Morgan fingerprint density at radius 2 is 2.00 bits per heavy atom. The molecule has 0 N–H and O–H groups in total. The van der Waals surface area contributed by atoms with Gasteiger partial charge in [0.2, 0.25) is 0 Å². The fourth-order valence-electron chi connectivity index (χ4n) is 4.09. The molecular formula is C17H21N3O. The Morgan fingerprint density at radius 1 is 1.19 bits per heavy atom. The predicted molar refractivity (Wildman–Crippen MR) is 83.5 cm³/mol. The number of rotatable bonds is 1. The van der Waals surface area contributed by atoms with Crippen LogP contribution in [0.15, 0.2) is 24.5 Å². The molecule has 1 aromatic heterocycles. The zero-order valence-electron chi connectivity index (χ0n) is 12.5. The van der Waals surface area contributed by atoms with Gasteiger partial charge in [-0.25, -0.2) is 4.98 Å². The first-order valence-corrected chi connectivity index (χ1v) is 7.88. The fraction of sp³-hybridized carbons (Fsp3) is 0.529. The number of anilines is 1. The Balaban J connectivity index is 1.62. The topological polar surface area (TPSA) is 38.1 Å². The number of fused-ring (bicyclic) bond motifs is 1. The Labute approximate surface area is 124 Å². The van der Waals surface area contributed by atoms with Gasteiger partial charge in [0.25, 0.3) is 0 Å². The summed E-state index contributed by atoms with van der Waals surface area (Å²) in [5, 5.41) is 0. The second-order valence-electron chi connectivity index (χ2n) is 6.54. The molecule has 2 aliphatic rings. The first-order valence-electron chi connectivity index (χ1n) is 7.88. The van der Waals surface area contributed by atoms with Crippen molar-refractivity contribution >= 4 is 22.5 Å². The number of nitrogens with zero attached hydrogens (tertiary/aromatic N) is 3. The van der Waals surface area contributed by atoms with E-state index in [-0.39, 0.29) is 5.41 Å². The maximum atomic E-state index is 12.2. The molecule has 4 heteroatoms. The molecule has 0 radical (unpaired) electrons. The van der Waals surface area contributed by atoms with Crippen LogP contribution in [0.3, 0.4) is 0 Å². The molecule has 1 spiro atoms. The van der Waals surface area contributed by atoms with Crippen LogP contribution in [-0.4, -0.2) is 28.4 Å². The third-order valence-corrected chi connectivity index (χ3v) is 5.45. The highest BCUT2D eigenvalue weighted by atomic mass is 16.1. The number of aromatic nitrogens is 2. The number of hydrogen-bond donors (Lipinski definition) is 0. The molecule has 0 unspecified atom stereocenters. The first-order chi connectivity index (χ1) is 10.2. The summed E-state index contributed by atoms with van der Waals surface area (Å²) in [5.74, 6) is 0.512. The maximum absolute atomic E-state index is 12.2. The SMILES string of the molecule is Cn1cnc2c(N3CCC4(CCCC4=O)CC3)cccc21. The van der Waals surface area contributed by atoms with Crippen molar-refractivity contribution < 1.29 is 4.79 Å². The van der Waals surface area contributed by atoms with Gasteiger partial charge in [-0.2, -0.15) is 0 Å². The molecule has 4 rings (SSSR count). The number of piperidine rings is 1. The third-order valence-electron chi connectivity index (χ3n) is 5.45. The zero-order valence-corrected chi connectivity index (χ0v) is 12.5. The van der Waals surface area contributed by atoms with Crippen molar-refractivity contribution in [2.24, 2.45) is 12.5 Å². The zero-order chi connectivity index (χ0) is 14.4. The van der Waals surface area contributed by atoms with Crippen molar-refractivity contribution in [3.05, 3.63) is 24.5 Å². The lowest BCUT2D eigenvalue weighted by atomic mass is 9.76. The molecule has 1 saturated carbocycles. The molecule has 1 aromatic carbocycles. The van der Waals surface area contributed by atoms with Crippen molar-refractivity contribution in [2.45, 2.75) is 32.1 Å². The number of imidazole rings is 1. The molecule has 0 atom stereocenters. The molecule has 2 fully saturated rings. The van der Waals surface area contributed by atoms with E-state index >= 15 is 0 Å². The molecule has 4 nitrogen and oxygen atoms in total. The van der Waals surface area contributed by atoms with Gasteiger partial charge in [0.1, 0.15) is 11.3 Å². The van der Waals surface area contributed by atoms with Gasteiger partial charge in [0, 0.05) is 32.0 Å². The third kappa shape index (κ3) is 1.88. The van der Waals surface area contributed by atoms with E-state index < -0.39 is 0 Å². The highest BCUT2D eigenvalue weighted by Crippen LogP contribution is 2.44. The summed E-state index contributed by atoms with van der Waals surface area (Å²) in [6, 6.07) is 6.37. The summed E-state index contributed by atoms with van der Waals surface area (Å²) < 4.78 is 2.06. The largest absolute Gasteiger partial charge is 0.370 e. The van der Waals surface area contributed by atoms with Crippen LogP contribution in [0.25, 0.3) is 11.0 Å². The molecule has 1 aliphatic carbocycles.